The van der Waals surface area contributed by atoms with Crippen molar-refractivity contribution in [3.05, 3.63) is 74.9 Å². The monoisotopic (exact) mass is 359 g/mol. The third-order valence-corrected chi connectivity index (χ3v) is 4.14. The molecule has 8 heteroatoms. The maximum atomic E-state index is 12.9. The molecular weight excluding hydrogens is 345 g/mol. The molecule has 3 rings (SSSR count). The molecule has 0 saturated carbocycles. The van der Waals surface area contributed by atoms with Crippen molar-refractivity contribution in [2.45, 2.75) is 13.5 Å². The van der Waals surface area contributed by atoms with Crippen LogP contribution in [0.25, 0.3) is 0 Å². The molecule has 0 saturated heterocycles. The summed E-state index contributed by atoms with van der Waals surface area (Å²) in [7, 11) is 0. The van der Waals surface area contributed by atoms with Gasteiger partial charge in [0, 0.05) is 17.6 Å². The van der Waals surface area contributed by atoms with Crippen LogP contribution in [-0.2, 0) is 6.61 Å². The van der Waals surface area contributed by atoms with Crippen molar-refractivity contribution < 1.29 is 13.9 Å². The van der Waals surface area contributed by atoms with Crippen molar-refractivity contribution in [1.29, 1.82) is 0 Å². The van der Waals surface area contributed by atoms with Gasteiger partial charge in [-0.1, -0.05) is 12.1 Å². The molecule has 1 amide bonds. The fourth-order valence-corrected chi connectivity index (χ4v) is 2.70. The minimum absolute atomic E-state index is 0.0750. The van der Waals surface area contributed by atoms with Crippen LogP contribution in [0, 0.1) is 12.7 Å². The molecule has 0 atom stereocenters. The van der Waals surface area contributed by atoms with Gasteiger partial charge in [-0.2, -0.15) is 0 Å². The number of hydrogen-bond donors (Lipinski definition) is 2. The second-order valence-corrected chi connectivity index (χ2v) is 6.10. The first kappa shape index (κ1) is 16.8. The van der Waals surface area contributed by atoms with Crippen LogP contribution in [0.3, 0.4) is 0 Å². The molecule has 0 fully saturated rings. The SMILES string of the molecule is Cc1csc(NC(=O)c2cc(=O)c(OCc3ccc(F)cc3)c[nH]2)n1. The van der Waals surface area contributed by atoms with Crippen LogP contribution in [-0.4, -0.2) is 15.9 Å². The fourth-order valence-electron chi connectivity index (χ4n) is 2.02. The number of nitrogens with one attached hydrogen (secondary N) is 2. The molecule has 25 heavy (non-hydrogen) atoms. The number of H-pyrrole nitrogens is 1. The molecule has 1 aromatic carbocycles. The zero-order valence-electron chi connectivity index (χ0n) is 13.2. The molecular formula is C17H14FN3O3S. The van der Waals surface area contributed by atoms with Crippen LogP contribution in [0.5, 0.6) is 5.75 Å². The van der Waals surface area contributed by atoms with Crippen molar-refractivity contribution in [1.82, 2.24) is 9.97 Å². The third-order valence-electron chi connectivity index (χ3n) is 3.27. The van der Waals surface area contributed by atoms with E-state index in [-0.39, 0.29) is 23.9 Å². The number of nitrogens with zero attached hydrogens (tertiary/aromatic N) is 1. The van der Waals surface area contributed by atoms with Gasteiger partial charge >= 0.3 is 0 Å². The fraction of sp³-hybridized carbons (Fsp3) is 0.118. The first-order valence-corrected chi connectivity index (χ1v) is 8.23. The van der Waals surface area contributed by atoms with E-state index in [4.69, 9.17) is 4.74 Å². The molecule has 0 radical (unpaired) electrons. The number of anilines is 1. The molecule has 0 bridgehead atoms. The van der Waals surface area contributed by atoms with E-state index in [0.29, 0.717) is 5.13 Å². The Labute approximate surface area is 146 Å². The summed E-state index contributed by atoms with van der Waals surface area (Å²) in [6.07, 6.45) is 1.33. The number of aromatic amines is 1. The number of benzene rings is 1. The molecule has 0 spiro atoms. The standard InChI is InChI=1S/C17H14FN3O3S/c1-10-9-25-17(20-10)21-16(23)13-6-14(22)15(7-19-13)24-8-11-2-4-12(18)5-3-11/h2-7,9H,8H2,1H3,(H,19,22)(H,20,21,23). The molecule has 0 aliphatic rings. The van der Waals surface area contributed by atoms with Crippen LogP contribution in [0.15, 0.2) is 46.7 Å². The van der Waals surface area contributed by atoms with Gasteiger partial charge in [-0.15, -0.1) is 11.3 Å². The maximum absolute atomic E-state index is 12.9. The highest BCUT2D eigenvalue weighted by atomic mass is 32.1. The second kappa shape index (κ2) is 7.27. The Morgan fingerprint density at radius 1 is 1.36 bits per heavy atom. The second-order valence-electron chi connectivity index (χ2n) is 5.24. The largest absolute Gasteiger partial charge is 0.483 e. The number of pyridine rings is 1. The Kier molecular flexibility index (Phi) is 4.90. The lowest BCUT2D eigenvalue weighted by atomic mass is 10.2. The van der Waals surface area contributed by atoms with Gasteiger partial charge in [0.1, 0.15) is 18.1 Å². The highest BCUT2D eigenvalue weighted by Gasteiger charge is 2.11. The van der Waals surface area contributed by atoms with E-state index in [1.165, 1.54) is 29.7 Å². The number of halogens is 1. The lowest BCUT2D eigenvalue weighted by Gasteiger charge is -2.07. The molecule has 2 aromatic heterocycles. The molecule has 0 aliphatic heterocycles. The first-order valence-electron chi connectivity index (χ1n) is 7.35. The van der Waals surface area contributed by atoms with E-state index in [1.54, 1.807) is 12.1 Å². The number of carbonyl (C=O) groups is 1. The van der Waals surface area contributed by atoms with Crippen molar-refractivity contribution in [2.24, 2.45) is 0 Å². The summed E-state index contributed by atoms with van der Waals surface area (Å²) in [5.41, 5.74) is 1.20. The van der Waals surface area contributed by atoms with Gasteiger partial charge in [-0.25, -0.2) is 9.37 Å². The number of thiazole rings is 1. The smallest absolute Gasteiger partial charge is 0.273 e. The number of aromatic nitrogens is 2. The summed E-state index contributed by atoms with van der Waals surface area (Å²) < 4.78 is 18.3. The van der Waals surface area contributed by atoms with Gasteiger partial charge in [0.25, 0.3) is 5.91 Å². The van der Waals surface area contributed by atoms with Crippen LogP contribution >= 0.6 is 11.3 Å². The Morgan fingerprint density at radius 3 is 2.76 bits per heavy atom. The van der Waals surface area contributed by atoms with E-state index in [9.17, 15) is 14.0 Å². The minimum atomic E-state index is -0.462. The van der Waals surface area contributed by atoms with Gasteiger partial charge in [0.15, 0.2) is 10.9 Å². The van der Waals surface area contributed by atoms with Crippen molar-refractivity contribution in [3.63, 3.8) is 0 Å². The summed E-state index contributed by atoms with van der Waals surface area (Å²) >= 11 is 1.30. The van der Waals surface area contributed by atoms with Crippen LogP contribution in [0.1, 0.15) is 21.7 Å². The van der Waals surface area contributed by atoms with E-state index < -0.39 is 11.3 Å². The first-order chi connectivity index (χ1) is 12.0. The lowest BCUT2D eigenvalue weighted by Crippen LogP contribution is -2.17. The van der Waals surface area contributed by atoms with E-state index in [1.807, 2.05) is 12.3 Å². The van der Waals surface area contributed by atoms with Crippen molar-refractivity contribution in [2.75, 3.05) is 5.32 Å². The third kappa shape index (κ3) is 4.30. The Bertz CT molecular complexity index is 950. The number of ether oxygens (including phenoxy) is 1. The van der Waals surface area contributed by atoms with Gasteiger partial charge < -0.3 is 9.72 Å². The normalized spacial score (nSPS) is 10.5. The van der Waals surface area contributed by atoms with Gasteiger partial charge in [-0.3, -0.25) is 14.9 Å². The quantitative estimate of drug-likeness (QED) is 0.733. The van der Waals surface area contributed by atoms with Gasteiger partial charge in [0.05, 0.1) is 5.69 Å². The Hall–Kier alpha value is -3.00. The minimum Gasteiger partial charge on any atom is -0.483 e. The summed E-state index contributed by atoms with van der Waals surface area (Å²) in [5, 5.41) is 4.88. The molecule has 3 aromatic rings. The Balaban J connectivity index is 1.66. The molecule has 0 aliphatic carbocycles. The molecule has 128 valence electrons. The number of amides is 1. The highest BCUT2D eigenvalue weighted by Crippen LogP contribution is 2.15. The number of aryl methyl sites for hydroxylation is 1. The van der Waals surface area contributed by atoms with E-state index in [0.717, 1.165) is 17.3 Å². The molecule has 0 unspecified atom stereocenters. The van der Waals surface area contributed by atoms with Crippen molar-refractivity contribution >= 4 is 22.4 Å². The average molecular weight is 359 g/mol. The number of hydrogen-bond acceptors (Lipinski definition) is 5. The van der Waals surface area contributed by atoms with Crippen LogP contribution in [0.4, 0.5) is 9.52 Å². The molecule has 2 N–H and O–H groups in total. The highest BCUT2D eigenvalue weighted by molar-refractivity contribution is 7.13. The maximum Gasteiger partial charge on any atom is 0.273 e. The van der Waals surface area contributed by atoms with Gasteiger partial charge in [-0.05, 0) is 24.6 Å². The van der Waals surface area contributed by atoms with Crippen LogP contribution in [0.2, 0.25) is 0 Å². The zero-order valence-corrected chi connectivity index (χ0v) is 14.0. The molecule has 2 heterocycles. The predicted octanol–water partition coefficient (Wildman–Crippen LogP) is 3.11. The summed E-state index contributed by atoms with van der Waals surface area (Å²) in [6, 6.07) is 6.94. The van der Waals surface area contributed by atoms with Crippen molar-refractivity contribution in [3.8, 4) is 5.75 Å². The molecule has 6 nitrogen and oxygen atoms in total. The zero-order chi connectivity index (χ0) is 17.8. The van der Waals surface area contributed by atoms with E-state index in [2.05, 4.69) is 15.3 Å². The predicted molar refractivity (Wildman–Crippen MR) is 92.6 cm³/mol. The topological polar surface area (TPSA) is 84.1 Å². The summed E-state index contributed by atoms with van der Waals surface area (Å²) in [4.78, 5) is 31.0. The van der Waals surface area contributed by atoms with Crippen LogP contribution < -0.4 is 15.5 Å². The Morgan fingerprint density at radius 2 is 2.12 bits per heavy atom. The lowest BCUT2D eigenvalue weighted by molar-refractivity contribution is 0.102. The average Bonchev–Trinajstić information content (AvgIpc) is 3.00. The summed E-state index contributed by atoms with van der Waals surface area (Å²) in [5.74, 6) is -0.727. The van der Waals surface area contributed by atoms with E-state index >= 15 is 0 Å². The summed E-state index contributed by atoms with van der Waals surface area (Å²) in [6.45, 7) is 1.94. The van der Waals surface area contributed by atoms with Gasteiger partial charge in [0.2, 0.25) is 5.43 Å². The number of rotatable bonds is 5. The number of carbonyl (C=O) groups excluding carboxylic acids is 1.